The molecule has 0 unspecified atom stereocenters. The van der Waals surface area contributed by atoms with Crippen molar-refractivity contribution in [2.45, 2.75) is 51.5 Å². The molecule has 2 aromatic carbocycles. The van der Waals surface area contributed by atoms with Crippen LogP contribution >= 0.6 is 11.3 Å². The number of nitrogens with zero attached hydrogens (tertiary/aromatic N) is 2. The summed E-state index contributed by atoms with van der Waals surface area (Å²) in [6, 6.07) is 12.5. The van der Waals surface area contributed by atoms with Crippen molar-refractivity contribution in [2.75, 3.05) is 13.1 Å². The van der Waals surface area contributed by atoms with Crippen molar-refractivity contribution in [3.63, 3.8) is 0 Å². The number of carbonyl (C=O) groups excluding carboxylic acids is 2. The number of rotatable bonds is 5. The highest BCUT2D eigenvalue weighted by molar-refractivity contribution is 7.15. The molecular formula is C27H28FN3O2S. The molecule has 2 amide bonds. The van der Waals surface area contributed by atoms with Gasteiger partial charge in [-0.05, 0) is 62.8 Å². The summed E-state index contributed by atoms with van der Waals surface area (Å²) in [6.45, 7) is 4.70. The Hall–Kier alpha value is -3.06. The number of amides is 2. The van der Waals surface area contributed by atoms with Crippen molar-refractivity contribution in [3.05, 3.63) is 75.7 Å². The topological polar surface area (TPSA) is 62.3 Å². The van der Waals surface area contributed by atoms with E-state index in [9.17, 15) is 14.0 Å². The van der Waals surface area contributed by atoms with Crippen LogP contribution in [0.15, 0.2) is 42.5 Å². The lowest BCUT2D eigenvalue weighted by Gasteiger charge is -2.33. The first-order valence-corrected chi connectivity index (χ1v) is 12.7. The molecule has 2 aliphatic rings. The predicted molar refractivity (Wildman–Crippen MR) is 132 cm³/mol. The maximum Gasteiger partial charge on any atom is 0.274 e. The molecule has 1 aromatic heterocycles. The standard InChI is InChI=1S/C27H28FN3O2S/c1-16-6-3-7-19(14-16)24-23(30-26(34-24)18-11-12-18)27(33)31-13-5-8-20(15-31)29-25(32)21-9-4-10-22(28)17(21)2/h3-4,6-7,9-10,14,18,20H,5,8,11-13,15H2,1-2H3,(H,29,32)/t20-/m1/s1. The Labute approximate surface area is 203 Å². The van der Waals surface area contributed by atoms with Gasteiger partial charge in [-0.15, -0.1) is 11.3 Å². The van der Waals surface area contributed by atoms with Gasteiger partial charge in [0.25, 0.3) is 11.8 Å². The van der Waals surface area contributed by atoms with Gasteiger partial charge in [0.15, 0.2) is 0 Å². The lowest BCUT2D eigenvalue weighted by Crippen LogP contribution is -2.49. The minimum Gasteiger partial charge on any atom is -0.348 e. The minimum absolute atomic E-state index is 0.0828. The van der Waals surface area contributed by atoms with Crippen LogP contribution in [0.1, 0.15) is 68.6 Å². The van der Waals surface area contributed by atoms with E-state index in [4.69, 9.17) is 4.98 Å². The molecule has 176 valence electrons. The van der Waals surface area contributed by atoms with Gasteiger partial charge in [-0.25, -0.2) is 9.37 Å². The average Bonchev–Trinajstić information content (AvgIpc) is 3.58. The molecular weight excluding hydrogens is 449 g/mol. The van der Waals surface area contributed by atoms with E-state index in [0.717, 1.165) is 46.7 Å². The van der Waals surface area contributed by atoms with Crippen LogP contribution in [-0.2, 0) is 0 Å². The lowest BCUT2D eigenvalue weighted by molar-refractivity contribution is 0.0671. The van der Waals surface area contributed by atoms with E-state index in [0.29, 0.717) is 35.8 Å². The summed E-state index contributed by atoms with van der Waals surface area (Å²) in [4.78, 5) is 34.0. The van der Waals surface area contributed by atoms with Gasteiger partial charge < -0.3 is 10.2 Å². The van der Waals surface area contributed by atoms with Gasteiger partial charge in [0.1, 0.15) is 11.5 Å². The molecule has 1 saturated heterocycles. The molecule has 3 aromatic rings. The second-order valence-electron chi connectivity index (χ2n) is 9.35. The van der Waals surface area contributed by atoms with Gasteiger partial charge in [-0.1, -0.05) is 35.9 Å². The summed E-state index contributed by atoms with van der Waals surface area (Å²) < 4.78 is 13.9. The summed E-state index contributed by atoms with van der Waals surface area (Å²) in [5.41, 5.74) is 3.35. The minimum atomic E-state index is -0.397. The van der Waals surface area contributed by atoms with Gasteiger partial charge in [0, 0.05) is 30.6 Å². The predicted octanol–water partition coefficient (Wildman–Crippen LogP) is 5.48. The van der Waals surface area contributed by atoms with E-state index in [2.05, 4.69) is 11.4 Å². The molecule has 2 heterocycles. The van der Waals surface area contributed by atoms with Crippen molar-refractivity contribution < 1.29 is 14.0 Å². The first-order chi connectivity index (χ1) is 16.4. The van der Waals surface area contributed by atoms with Gasteiger partial charge >= 0.3 is 0 Å². The Kier molecular flexibility index (Phi) is 6.21. The largest absolute Gasteiger partial charge is 0.348 e. The number of nitrogens with one attached hydrogen (secondary N) is 1. The zero-order valence-corrected chi connectivity index (χ0v) is 20.3. The molecule has 5 rings (SSSR count). The SMILES string of the molecule is Cc1cccc(-c2sc(C3CC3)nc2C(=O)N2CCC[C@@H](NC(=O)c3cccc(F)c3C)C2)c1. The second-order valence-corrected chi connectivity index (χ2v) is 10.4. The molecule has 0 spiro atoms. The number of carbonyl (C=O) groups is 2. The quantitative estimate of drug-likeness (QED) is 0.529. The molecule has 1 N–H and O–H groups in total. The smallest absolute Gasteiger partial charge is 0.274 e. The van der Waals surface area contributed by atoms with E-state index in [-0.39, 0.29) is 17.9 Å². The summed E-state index contributed by atoms with van der Waals surface area (Å²) >= 11 is 1.63. The number of hydrogen-bond acceptors (Lipinski definition) is 4. The zero-order valence-electron chi connectivity index (χ0n) is 19.4. The third kappa shape index (κ3) is 4.62. The second kappa shape index (κ2) is 9.29. The monoisotopic (exact) mass is 477 g/mol. The fraction of sp³-hybridized carbons (Fsp3) is 0.370. The van der Waals surface area contributed by atoms with Crippen molar-refractivity contribution in [2.24, 2.45) is 0 Å². The number of aryl methyl sites for hydroxylation is 1. The average molecular weight is 478 g/mol. The first-order valence-electron chi connectivity index (χ1n) is 11.8. The summed E-state index contributed by atoms with van der Waals surface area (Å²) in [5.74, 6) is -0.313. The number of hydrogen-bond donors (Lipinski definition) is 1. The number of halogens is 1. The van der Waals surface area contributed by atoms with Gasteiger partial charge in [-0.2, -0.15) is 0 Å². The fourth-order valence-corrected chi connectivity index (χ4v) is 5.74. The number of benzene rings is 2. The van der Waals surface area contributed by atoms with E-state index < -0.39 is 5.82 Å². The van der Waals surface area contributed by atoms with Crippen molar-refractivity contribution in [1.29, 1.82) is 0 Å². The van der Waals surface area contributed by atoms with E-state index in [1.807, 2.05) is 25.1 Å². The van der Waals surface area contributed by atoms with Gasteiger partial charge in [-0.3, -0.25) is 9.59 Å². The molecule has 1 atom stereocenters. The highest BCUT2D eigenvalue weighted by Gasteiger charge is 2.33. The molecule has 7 heteroatoms. The molecule has 0 radical (unpaired) electrons. The zero-order chi connectivity index (χ0) is 23.8. The molecule has 34 heavy (non-hydrogen) atoms. The maximum atomic E-state index is 13.9. The Morgan fingerprint density at radius 3 is 2.68 bits per heavy atom. The maximum absolute atomic E-state index is 13.9. The summed E-state index contributed by atoms with van der Waals surface area (Å²) in [6.07, 6.45) is 3.83. The normalized spacial score (nSPS) is 18.1. The molecule has 0 bridgehead atoms. The van der Waals surface area contributed by atoms with Crippen LogP contribution in [0.3, 0.4) is 0 Å². The Balaban J connectivity index is 1.36. The Morgan fingerprint density at radius 1 is 1.12 bits per heavy atom. The molecule has 1 aliphatic carbocycles. The fourth-order valence-electron chi connectivity index (χ4n) is 4.51. The Morgan fingerprint density at radius 2 is 1.91 bits per heavy atom. The third-order valence-corrected chi connectivity index (χ3v) is 7.88. The highest BCUT2D eigenvalue weighted by Crippen LogP contribution is 2.45. The molecule has 1 aliphatic heterocycles. The molecule has 1 saturated carbocycles. The third-order valence-electron chi connectivity index (χ3n) is 6.61. The van der Waals surface area contributed by atoms with Crippen molar-refractivity contribution in [3.8, 4) is 10.4 Å². The van der Waals surface area contributed by atoms with Crippen molar-refractivity contribution in [1.82, 2.24) is 15.2 Å². The van der Waals surface area contributed by atoms with E-state index in [1.54, 1.807) is 35.3 Å². The molecule has 5 nitrogen and oxygen atoms in total. The number of thiazole rings is 1. The van der Waals surface area contributed by atoms with Crippen LogP contribution in [0, 0.1) is 19.7 Å². The van der Waals surface area contributed by atoms with Crippen LogP contribution < -0.4 is 5.32 Å². The van der Waals surface area contributed by atoms with E-state index >= 15 is 0 Å². The number of aromatic nitrogens is 1. The first kappa shape index (κ1) is 22.7. The van der Waals surface area contributed by atoms with Crippen LogP contribution in [0.5, 0.6) is 0 Å². The van der Waals surface area contributed by atoms with Crippen LogP contribution in [0.25, 0.3) is 10.4 Å². The number of piperidine rings is 1. The van der Waals surface area contributed by atoms with Crippen LogP contribution in [-0.4, -0.2) is 40.8 Å². The Bertz CT molecular complexity index is 1250. The lowest BCUT2D eigenvalue weighted by atomic mass is 10.0. The highest BCUT2D eigenvalue weighted by atomic mass is 32.1. The van der Waals surface area contributed by atoms with Crippen molar-refractivity contribution >= 4 is 23.2 Å². The number of likely N-dealkylation sites (tertiary alicyclic amines) is 1. The summed E-state index contributed by atoms with van der Waals surface area (Å²) in [5, 5.41) is 4.05. The van der Waals surface area contributed by atoms with Crippen LogP contribution in [0.4, 0.5) is 4.39 Å². The van der Waals surface area contributed by atoms with Crippen LogP contribution in [0.2, 0.25) is 0 Å². The van der Waals surface area contributed by atoms with E-state index in [1.165, 1.54) is 6.07 Å². The summed E-state index contributed by atoms with van der Waals surface area (Å²) in [7, 11) is 0. The van der Waals surface area contributed by atoms with Gasteiger partial charge in [0.2, 0.25) is 0 Å². The molecule has 2 fully saturated rings. The van der Waals surface area contributed by atoms with Gasteiger partial charge in [0.05, 0.1) is 9.88 Å².